The van der Waals surface area contributed by atoms with Gasteiger partial charge in [0.05, 0.1) is 6.61 Å². The lowest BCUT2D eigenvalue weighted by molar-refractivity contribution is -0.143. The minimum Gasteiger partial charge on any atom is -0.484 e. The van der Waals surface area contributed by atoms with E-state index in [0.29, 0.717) is 12.4 Å². The SMILES string of the molecule is CCOC(=O)CNC(=O)COc1ccc2ccccc2c1. The number of benzene rings is 2. The zero-order chi connectivity index (χ0) is 15.1. The van der Waals surface area contributed by atoms with E-state index in [0.717, 1.165) is 10.8 Å². The van der Waals surface area contributed by atoms with E-state index in [2.05, 4.69) is 5.32 Å². The molecule has 2 rings (SSSR count). The largest absolute Gasteiger partial charge is 0.484 e. The van der Waals surface area contributed by atoms with Crippen LogP contribution in [-0.2, 0) is 14.3 Å². The molecule has 0 aliphatic carbocycles. The molecule has 0 atom stereocenters. The maximum atomic E-state index is 11.5. The van der Waals surface area contributed by atoms with Crippen molar-refractivity contribution in [3.05, 3.63) is 42.5 Å². The number of nitrogens with one attached hydrogen (secondary N) is 1. The van der Waals surface area contributed by atoms with Gasteiger partial charge in [0.15, 0.2) is 6.61 Å². The van der Waals surface area contributed by atoms with Crippen LogP contribution in [0.3, 0.4) is 0 Å². The number of fused-ring (bicyclic) bond motifs is 1. The Hall–Kier alpha value is -2.56. The van der Waals surface area contributed by atoms with Crippen molar-refractivity contribution < 1.29 is 19.1 Å². The molecule has 0 saturated heterocycles. The van der Waals surface area contributed by atoms with Gasteiger partial charge in [-0.1, -0.05) is 30.3 Å². The first-order valence-corrected chi connectivity index (χ1v) is 6.73. The normalized spacial score (nSPS) is 10.1. The van der Waals surface area contributed by atoms with Gasteiger partial charge in [-0.25, -0.2) is 0 Å². The second kappa shape index (κ2) is 7.28. The van der Waals surface area contributed by atoms with Gasteiger partial charge >= 0.3 is 5.97 Å². The summed E-state index contributed by atoms with van der Waals surface area (Å²) in [5.41, 5.74) is 0. The first-order valence-electron chi connectivity index (χ1n) is 6.73. The number of ether oxygens (including phenoxy) is 2. The molecule has 0 bridgehead atoms. The van der Waals surface area contributed by atoms with Crippen LogP contribution in [0.4, 0.5) is 0 Å². The Labute approximate surface area is 122 Å². The Morgan fingerprint density at radius 2 is 1.86 bits per heavy atom. The molecule has 0 radical (unpaired) electrons. The van der Waals surface area contributed by atoms with Crippen molar-refractivity contribution in [2.24, 2.45) is 0 Å². The molecule has 1 amide bonds. The van der Waals surface area contributed by atoms with Gasteiger partial charge in [-0.15, -0.1) is 0 Å². The van der Waals surface area contributed by atoms with E-state index >= 15 is 0 Å². The maximum Gasteiger partial charge on any atom is 0.325 e. The fourth-order valence-corrected chi connectivity index (χ4v) is 1.84. The molecule has 0 aliphatic rings. The van der Waals surface area contributed by atoms with Gasteiger partial charge in [-0.2, -0.15) is 0 Å². The molecule has 1 N–H and O–H groups in total. The third-order valence-electron chi connectivity index (χ3n) is 2.83. The first kappa shape index (κ1) is 14.8. The molecule has 0 spiro atoms. The molecular weight excluding hydrogens is 270 g/mol. The van der Waals surface area contributed by atoms with Crippen molar-refractivity contribution in [1.82, 2.24) is 5.32 Å². The Morgan fingerprint density at radius 3 is 2.62 bits per heavy atom. The van der Waals surface area contributed by atoms with Gasteiger partial charge in [0.25, 0.3) is 5.91 Å². The minimum absolute atomic E-state index is 0.141. The van der Waals surface area contributed by atoms with Crippen LogP contribution in [0.15, 0.2) is 42.5 Å². The summed E-state index contributed by atoms with van der Waals surface area (Å²) in [6.07, 6.45) is 0. The molecule has 2 aromatic rings. The Kier molecular flexibility index (Phi) is 5.15. The van der Waals surface area contributed by atoms with Gasteiger partial charge in [-0.3, -0.25) is 9.59 Å². The predicted octanol–water partition coefficient (Wildman–Crippen LogP) is 1.90. The van der Waals surface area contributed by atoms with Gasteiger partial charge in [0.2, 0.25) is 0 Å². The highest BCUT2D eigenvalue weighted by atomic mass is 16.5. The molecular formula is C16H17NO4. The summed E-state index contributed by atoms with van der Waals surface area (Å²) in [5, 5.41) is 4.59. The fourth-order valence-electron chi connectivity index (χ4n) is 1.84. The van der Waals surface area contributed by atoms with Crippen molar-refractivity contribution in [2.75, 3.05) is 19.8 Å². The standard InChI is InChI=1S/C16H17NO4/c1-2-20-16(19)10-17-15(18)11-21-14-8-7-12-5-3-4-6-13(12)9-14/h3-9H,2,10-11H2,1H3,(H,17,18). The van der Waals surface area contributed by atoms with Crippen molar-refractivity contribution in [3.8, 4) is 5.75 Å². The molecule has 110 valence electrons. The third kappa shape index (κ3) is 4.49. The molecule has 0 aromatic heterocycles. The van der Waals surface area contributed by atoms with E-state index in [-0.39, 0.29) is 19.1 Å². The summed E-state index contributed by atoms with van der Waals surface area (Å²) in [5.74, 6) is -0.215. The van der Waals surface area contributed by atoms with Gasteiger partial charge < -0.3 is 14.8 Å². The molecule has 2 aromatic carbocycles. The van der Waals surface area contributed by atoms with Crippen LogP contribution in [0, 0.1) is 0 Å². The maximum absolute atomic E-state index is 11.5. The number of hydrogen-bond donors (Lipinski definition) is 1. The van der Waals surface area contributed by atoms with Crippen LogP contribution in [0.25, 0.3) is 10.8 Å². The van der Waals surface area contributed by atoms with E-state index < -0.39 is 5.97 Å². The van der Waals surface area contributed by atoms with Gasteiger partial charge in [0, 0.05) is 0 Å². The van der Waals surface area contributed by atoms with Crippen LogP contribution >= 0.6 is 0 Å². The summed E-state index contributed by atoms with van der Waals surface area (Å²) >= 11 is 0. The topological polar surface area (TPSA) is 64.6 Å². The molecule has 0 saturated carbocycles. The first-order chi connectivity index (χ1) is 10.2. The lowest BCUT2D eigenvalue weighted by atomic mass is 10.1. The minimum atomic E-state index is -0.462. The summed E-state index contributed by atoms with van der Waals surface area (Å²) in [7, 11) is 0. The summed E-state index contributed by atoms with van der Waals surface area (Å²) in [6.45, 7) is 1.72. The zero-order valence-electron chi connectivity index (χ0n) is 11.8. The second-order valence-corrected chi connectivity index (χ2v) is 4.38. The highest BCUT2D eigenvalue weighted by Crippen LogP contribution is 2.20. The average Bonchev–Trinajstić information content (AvgIpc) is 2.51. The number of rotatable bonds is 6. The number of carbonyl (C=O) groups is 2. The second-order valence-electron chi connectivity index (χ2n) is 4.38. The Balaban J connectivity index is 1.83. The van der Waals surface area contributed by atoms with E-state index in [4.69, 9.17) is 9.47 Å². The van der Waals surface area contributed by atoms with Crippen LogP contribution < -0.4 is 10.1 Å². The van der Waals surface area contributed by atoms with Crippen molar-refractivity contribution >= 4 is 22.6 Å². The molecule has 0 fully saturated rings. The predicted molar refractivity (Wildman–Crippen MR) is 79.1 cm³/mol. The molecule has 21 heavy (non-hydrogen) atoms. The van der Waals surface area contributed by atoms with Crippen LogP contribution in [0.5, 0.6) is 5.75 Å². The monoisotopic (exact) mass is 287 g/mol. The summed E-state index contributed by atoms with van der Waals surface area (Å²) < 4.78 is 10.1. The number of esters is 1. The number of carbonyl (C=O) groups excluding carboxylic acids is 2. The number of amides is 1. The van der Waals surface area contributed by atoms with E-state index in [1.165, 1.54) is 0 Å². The Morgan fingerprint density at radius 1 is 1.10 bits per heavy atom. The quantitative estimate of drug-likeness (QED) is 0.824. The molecule has 5 heteroatoms. The molecule has 0 aliphatic heterocycles. The average molecular weight is 287 g/mol. The molecule has 5 nitrogen and oxygen atoms in total. The smallest absolute Gasteiger partial charge is 0.325 e. The fraction of sp³-hybridized carbons (Fsp3) is 0.250. The van der Waals surface area contributed by atoms with Crippen LogP contribution in [0.2, 0.25) is 0 Å². The van der Waals surface area contributed by atoms with Crippen molar-refractivity contribution in [3.63, 3.8) is 0 Å². The lowest BCUT2D eigenvalue weighted by Crippen LogP contribution is -2.34. The zero-order valence-corrected chi connectivity index (χ0v) is 11.8. The summed E-state index contributed by atoms with van der Waals surface area (Å²) in [6, 6.07) is 13.5. The van der Waals surface area contributed by atoms with Crippen LogP contribution in [-0.4, -0.2) is 31.6 Å². The molecule has 0 heterocycles. The number of hydrogen-bond acceptors (Lipinski definition) is 4. The highest BCUT2D eigenvalue weighted by molar-refractivity contribution is 5.84. The Bertz CT molecular complexity index is 639. The summed E-state index contributed by atoms with van der Waals surface area (Å²) in [4.78, 5) is 22.6. The van der Waals surface area contributed by atoms with Crippen molar-refractivity contribution in [1.29, 1.82) is 0 Å². The van der Waals surface area contributed by atoms with Gasteiger partial charge in [-0.05, 0) is 29.8 Å². The van der Waals surface area contributed by atoms with Gasteiger partial charge in [0.1, 0.15) is 12.3 Å². The molecule has 0 unspecified atom stereocenters. The van der Waals surface area contributed by atoms with Crippen LogP contribution in [0.1, 0.15) is 6.92 Å². The lowest BCUT2D eigenvalue weighted by Gasteiger charge is -2.08. The van der Waals surface area contributed by atoms with E-state index in [9.17, 15) is 9.59 Å². The van der Waals surface area contributed by atoms with Crippen molar-refractivity contribution in [2.45, 2.75) is 6.92 Å². The van der Waals surface area contributed by atoms with E-state index in [1.807, 2.05) is 36.4 Å². The van der Waals surface area contributed by atoms with E-state index in [1.54, 1.807) is 13.0 Å². The third-order valence-corrected chi connectivity index (χ3v) is 2.83. The highest BCUT2D eigenvalue weighted by Gasteiger charge is 2.07.